The van der Waals surface area contributed by atoms with E-state index in [0.29, 0.717) is 5.82 Å². The van der Waals surface area contributed by atoms with Crippen molar-refractivity contribution in [1.82, 2.24) is 10.2 Å². The highest BCUT2D eigenvalue weighted by molar-refractivity contribution is 5.92. The highest BCUT2D eigenvalue weighted by Crippen LogP contribution is 2.28. The lowest BCUT2D eigenvalue weighted by Gasteiger charge is -2.10. The van der Waals surface area contributed by atoms with E-state index in [2.05, 4.69) is 15.5 Å². The van der Waals surface area contributed by atoms with Gasteiger partial charge in [-0.15, -0.1) is 5.10 Å². The molecular formula is C13H19N3O2. The number of hydrogen-bond acceptors (Lipinski definition) is 4. The standard InChI is InChI=1S/C13H19N3O2/c17-13(18)11-7-9-15-16-12(11)14-8-3-6-10-4-1-2-5-10/h7,9-10H,1-6,8H2,(H,14,16)(H,17,18). The highest BCUT2D eigenvalue weighted by Gasteiger charge is 2.14. The third-order valence-corrected chi connectivity index (χ3v) is 3.51. The van der Waals surface area contributed by atoms with Gasteiger partial charge >= 0.3 is 5.97 Å². The molecule has 0 aliphatic heterocycles. The van der Waals surface area contributed by atoms with Gasteiger partial charge in [-0.25, -0.2) is 4.79 Å². The fourth-order valence-electron chi connectivity index (χ4n) is 2.53. The first-order valence-electron chi connectivity index (χ1n) is 6.56. The van der Waals surface area contributed by atoms with Gasteiger partial charge in [0.15, 0.2) is 5.82 Å². The Balaban J connectivity index is 1.77. The van der Waals surface area contributed by atoms with Gasteiger partial charge in [0.2, 0.25) is 0 Å². The Morgan fingerprint density at radius 3 is 2.94 bits per heavy atom. The summed E-state index contributed by atoms with van der Waals surface area (Å²) in [5.74, 6) is 0.271. The van der Waals surface area contributed by atoms with Gasteiger partial charge < -0.3 is 10.4 Å². The van der Waals surface area contributed by atoms with E-state index in [1.54, 1.807) is 0 Å². The molecule has 5 heteroatoms. The SMILES string of the molecule is O=C(O)c1ccnnc1NCCCC1CCCC1. The summed E-state index contributed by atoms with van der Waals surface area (Å²) in [5, 5.41) is 19.6. The van der Waals surface area contributed by atoms with Crippen LogP contribution >= 0.6 is 0 Å². The summed E-state index contributed by atoms with van der Waals surface area (Å²) < 4.78 is 0. The number of carboxylic acids is 1. The molecule has 0 bridgehead atoms. The zero-order valence-electron chi connectivity index (χ0n) is 10.4. The van der Waals surface area contributed by atoms with Gasteiger partial charge in [0, 0.05) is 6.54 Å². The van der Waals surface area contributed by atoms with E-state index < -0.39 is 5.97 Å². The summed E-state index contributed by atoms with van der Waals surface area (Å²) in [6.07, 6.45) is 9.11. The van der Waals surface area contributed by atoms with Gasteiger partial charge in [-0.2, -0.15) is 5.10 Å². The van der Waals surface area contributed by atoms with E-state index in [0.717, 1.165) is 18.9 Å². The van der Waals surface area contributed by atoms with Crippen LogP contribution < -0.4 is 5.32 Å². The van der Waals surface area contributed by atoms with Crippen LogP contribution in [0.1, 0.15) is 48.9 Å². The summed E-state index contributed by atoms with van der Waals surface area (Å²) in [4.78, 5) is 11.0. The zero-order valence-corrected chi connectivity index (χ0v) is 10.4. The molecule has 0 atom stereocenters. The van der Waals surface area contributed by atoms with Gasteiger partial charge in [-0.1, -0.05) is 25.7 Å². The Labute approximate surface area is 107 Å². The molecule has 1 aliphatic carbocycles. The minimum atomic E-state index is -0.969. The molecule has 0 spiro atoms. The van der Waals surface area contributed by atoms with E-state index in [1.807, 2.05) is 0 Å². The Morgan fingerprint density at radius 1 is 1.44 bits per heavy atom. The summed E-state index contributed by atoms with van der Waals surface area (Å²) >= 11 is 0. The molecule has 18 heavy (non-hydrogen) atoms. The third-order valence-electron chi connectivity index (χ3n) is 3.51. The maximum atomic E-state index is 11.0. The number of aromatic carboxylic acids is 1. The predicted octanol–water partition coefficient (Wildman–Crippen LogP) is 2.56. The molecule has 1 aromatic rings. The van der Waals surface area contributed by atoms with E-state index in [-0.39, 0.29) is 5.56 Å². The van der Waals surface area contributed by atoms with Crippen molar-refractivity contribution in [2.45, 2.75) is 38.5 Å². The number of rotatable bonds is 6. The fraction of sp³-hybridized carbons (Fsp3) is 0.615. The summed E-state index contributed by atoms with van der Waals surface area (Å²) in [6, 6.07) is 1.47. The number of aromatic nitrogens is 2. The Bertz CT molecular complexity index is 403. The molecule has 0 amide bonds. The number of carbonyl (C=O) groups is 1. The van der Waals surface area contributed by atoms with Crippen molar-refractivity contribution in [3.63, 3.8) is 0 Å². The zero-order chi connectivity index (χ0) is 12.8. The topological polar surface area (TPSA) is 75.1 Å². The van der Waals surface area contributed by atoms with Gasteiger partial charge in [0.05, 0.1) is 6.20 Å². The van der Waals surface area contributed by atoms with Crippen molar-refractivity contribution >= 4 is 11.8 Å². The van der Waals surface area contributed by atoms with Crippen LogP contribution in [0.4, 0.5) is 5.82 Å². The molecule has 1 fully saturated rings. The van der Waals surface area contributed by atoms with Crippen LogP contribution in [-0.2, 0) is 0 Å². The molecular weight excluding hydrogens is 230 g/mol. The predicted molar refractivity (Wildman–Crippen MR) is 68.7 cm³/mol. The Kier molecular flexibility index (Phi) is 4.50. The van der Waals surface area contributed by atoms with E-state index in [9.17, 15) is 4.79 Å². The molecule has 5 nitrogen and oxygen atoms in total. The molecule has 98 valence electrons. The first-order chi connectivity index (χ1) is 8.77. The molecule has 0 unspecified atom stereocenters. The maximum absolute atomic E-state index is 11.0. The van der Waals surface area contributed by atoms with Crippen LogP contribution in [0.5, 0.6) is 0 Å². The van der Waals surface area contributed by atoms with Crippen LogP contribution in [0, 0.1) is 5.92 Å². The number of nitrogens with zero attached hydrogens (tertiary/aromatic N) is 2. The first-order valence-corrected chi connectivity index (χ1v) is 6.56. The Morgan fingerprint density at radius 2 is 2.22 bits per heavy atom. The minimum absolute atomic E-state index is 0.186. The van der Waals surface area contributed by atoms with Crippen LogP contribution in [0.3, 0.4) is 0 Å². The maximum Gasteiger partial charge on any atom is 0.339 e. The summed E-state index contributed by atoms with van der Waals surface area (Å²) in [5.41, 5.74) is 0.186. The third kappa shape index (κ3) is 3.42. The monoisotopic (exact) mass is 249 g/mol. The van der Waals surface area contributed by atoms with Crippen molar-refractivity contribution in [3.05, 3.63) is 17.8 Å². The lowest BCUT2D eigenvalue weighted by Crippen LogP contribution is -2.11. The van der Waals surface area contributed by atoms with Gasteiger partial charge in [0.25, 0.3) is 0 Å². The lowest BCUT2D eigenvalue weighted by molar-refractivity contribution is 0.0697. The molecule has 2 rings (SSSR count). The van der Waals surface area contributed by atoms with E-state index >= 15 is 0 Å². The van der Waals surface area contributed by atoms with Crippen molar-refractivity contribution in [2.24, 2.45) is 5.92 Å². The summed E-state index contributed by atoms with van der Waals surface area (Å²) in [6.45, 7) is 0.759. The molecule has 2 N–H and O–H groups in total. The average molecular weight is 249 g/mol. The molecule has 0 radical (unpaired) electrons. The fourth-order valence-corrected chi connectivity index (χ4v) is 2.53. The largest absolute Gasteiger partial charge is 0.478 e. The van der Waals surface area contributed by atoms with Crippen molar-refractivity contribution in [3.8, 4) is 0 Å². The van der Waals surface area contributed by atoms with Crippen LogP contribution in [-0.4, -0.2) is 27.8 Å². The van der Waals surface area contributed by atoms with Gasteiger partial charge in [-0.05, 0) is 24.8 Å². The van der Waals surface area contributed by atoms with Crippen LogP contribution in [0.25, 0.3) is 0 Å². The first kappa shape index (κ1) is 12.8. The molecule has 0 saturated heterocycles. The van der Waals surface area contributed by atoms with Crippen LogP contribution in [0.15, 0.2) is 12.3 Å². The minimum Gasteiger partial charge on any atom is -0.478 e. The van der Waals surface area contributed by atoms with Gasteiger partial charge in [0.1, 0.15) is 5.56 Å². The molecule has 1 aliphatic rings. The highest BCUT2D eigenvalue weighted by atomic mass is 16.4. The molecule has 1 aromatic heterocycles. The second-order valence-corrected chi connectivity index (χ2v) is 4.82. The summed E-state index contributed by atoms with van der Waals surface area (Å²) in [7, 11) is 0. The number of anilines is 1. The van der Waals surface area contributed by atoms with Crippen molar-refractivity contribution in [1.29, 1.82) is 0 Å². The normalized spacial score (nSPS) is 15.8. The average Bonchev–Trinajstić information content (AvgIpc) is 2.88. The van der Waals surface area contributed by atoms with Crippen molar-refractivity contribution < 1.29 is 9.90 Å². The quantitative estimate of drug-likeness (QED) is 0.758. The lowest BCUT2D eigenvalue weighted by atomic mass is 10.0. The van der Waals surface area contributed by atoms with E-state index in [4.69, 9.17) is 5.11 Å². The molecule has 1 heterocycles. The molecule has 1 saturated carbocycles. The molecule has 0 aromatic carbocycles. The second kappa shape index (κ2) is 6.33. The smallest absolute Gasteiger partial charge is 0.339 e. The Hall–Kier alpha value is -1.65. The number of carboxylic acid groups (broad SMARTS) is 1. The van der Waals surface area contributed by atoms with Crippen molar-refractivity contribution in [2.75, 3.05) is 11.9 Å². The van der Waals surface area contributed by atoms with Gasteiger partial charge in [-0.3, -0.25) is 0 Å². The van der Waals surface area contributed by atoms with Crippen LogP contribution in [0.2, 0.25) is 0 Å². The van der Waals surface area contributed by atoms with E-state index in [1.165, 1.54) is 44.4 Å². The number of nitrogens with one attached hydrogen (secondary N) is 1. The number of hydrogen-bond donors (Lipinski definition) is 2. The second-order valence-electron chi connectivity index (χ2n) is 4.82.